The lowest BCUT2D eigenvalue weighted by Gasteiger charge is -2.48. The van der Waals surface area contributed by atoms with E-state index in [4.69, 9.17) is 4.74 Å². The quantitative estimate of drug-likeness (QED) is 0.240. The molecule has 4 N–H and O–H groups in total. The number of benzene rings is 2. The van der Waals surface area contributed by atoms with Crippen molar-refractivity contribution in [3.63, 3.8) is 0 Å². The standard InChI is InChI=1S/C26H37N3O6S.ClH/c1-6-26(7-2)29(21-11-9-8-10-19(21)24(32)35-26)15-14-25(3,4)27-17-23(31)18-12-13-22(30)20(16-18)28-36(5,33)34;/h8-13,16,23,27-28,30-31H,6-7,14-15,17H2,1-5H3;1H/t23-;/m0./s1. The normalized spacial score (nSPS) is 15.8. The monoisotopic (exact) mass is 555 g/mol. The number of aliphatic hydroxyl groups is 1. The van der Waals surface area contributed by atoms with Gasteiger partial charge in [-0.15, -0.1) is 12.4 Å². The van der Waals surface area contributed by atoms with Crippen molar-refractivity contribution in [2.24, 2.45) is 0 Å². The summed E-state index contributed by atoms with van der Waals surface area (Å²) in [7, 11) is -3.58. The van der Waals surface area contributed by atoms with Crippen LogP contribution in [0.5, 0.6) is 5.75 Å². The molecule has 2 aromatic rings. The van der Waals surface area contributed by atoms with Gasteiger partial charge >= 0.3 is 5.97 Å². The molecule has 0 saturated carbocycles. The molecule has 206 valence electrons. The first-order valence-electron chi connectivity index (χ1n) is 12.1. The van der Waals surface area contributed by atoms with Gasteiger partial charge in [0.15, 0.2) is 5.72 Å². The first-order valence-corrected chi connectivity index (χ1v) is 14.0. The second-order valence-corrected chi connectivity index (χ2v) is 11.6. The number of rotatable bonds is 11. The fourth-order valence-corrected chi connectivity index (χ4v) is 5.06. The van der Waals surface area contributed by atoms with Crippen LogP contribution >= 0.6 is 12.4 Å². The Labute approximate surface area is 225 Å². The second kappa shape index (κ2) is 11.9. The molecule has 37 heavy (non-hydrogen) atoms. The Bertz CT molecular complexity index is 1200. The minimum Gasteiger partial charge on any atom is -0.506 e. The number of fused-ring (bicyclic) bond motifs is 1. The maximum absolute atomic E-state index is 12.7. The molecule has 1 atom stereocenters. The lowest BCUT2D eigenvalue weighted by atomic mass is 9.94. The number of ether oxygens (including phenoxy) is 1. The van der Waals surface area contributed by atoms with E-state index in [0.717, 1.165) is 11.9 Å². The van der Waals surface area contributed by atoms with Crippen molar-refractivity contribution in [3.8, 4) is 5.75 Å². The van der Waals surface area contributed by atoms with Crippen molar-refractivity contribution < 1.29 is 28.2 Å². The summed E-state index contributed by atoms with van der Waals surface area (Å²) in [4.78, 5) is 14.8. The predicted molar refractivity (Wildman–Crippen MR) is 148 cm³/mol. The minimum atomic E-state index is -3.58. The number of para-hydroxylation sites is 1. The first kappa shape index (κ1) is 30.7. The van der Waals surface area contributed by atoms with E-state index in [1.807, 2.05) is 45.9 Å². The molecule has 0 spiro atoms. The van der Waals surface area contributed by atoms with Crippen LogP contribution < -0.4 is 14.9 Å². The van der Waals surface area contributed by atoms with Crippen molar-refractivity contribution in [3.05, 3.63) is 53.6 Å². The zero-order valence-electron chi connectivity index (χ0n) is 21.9. The summed E-state index contributed by atoms with van der Waals surface area (Å²) in [6.07, 6.45) is 2.07. The van der Waals surface area contributed by atoms with Crippen LogP contribution in [0.4, 0.5) is 11.4 Å². The molecule has 11 heteroatoms. The van der Waals surface area contributed by atoms with Gasteiger partial charge in [-0.25, -0.2) is 13.2 Å². The van der Waals surface area contributed by atoms with Crippen LogP contribution in [-0.2, 0) is 14.8 Å². The van der Waals surface area contributed by atoms with Crippen molar-refractivity contribution >= 4 is 39.8 Å². The Morgan fingerprint density at radius 3 is 2.41 bits per heavy atom. The molecule has 0 bridgehead atoms. The van der Waals surface area contributed by atoms with Crippen molar-refractivity contribution in [2.45, 2.75) is 64.3 Å². The van der Waals surface area contributed by atoms with Gasteiger partial charge in [0.2, 0.25) is 10.0 Å². The largest absolute Gasteiger partial charge is 0.506 e. The molecule has 0 radical (unpaired) electrons. The zero-order chi connectivity index (χ0) is 26.7. The van der Waals surface area contributed by atoms with Crippen LogP contribution in [-0.4, -0.2) is 55.2 Å². The van der Waals surface area contributed by atoms with E-state index in [1.165, 1.54) is 12.1 Å². The van der Waals surface area contributed by atoms with Gasteiger partial charge in [0.25, 0.3) is 0 Å². The zero-order valence-corrected chi connectivity index (χ0v) is 23.6. The smallest absolute Gasteiger partial charge is 0.342 e. The molecule has 0 unspecified atom stereocenters. The third kappa shape index (κ3) is 7.28. The second-order valence-electron chi connectivity index (χ2n) is 9.89. The Morgan fingerprint density at radius 1 is 1.14 bits per heavy atom. The molecule has 0 aromatic heterocycles. The summed E-state index contributed by atoms with van der Waals surface area (Å²) < 4.78 is 31.3. The molecule has 2 aromatic carbocycles. The highest BCUT2D eigenvalue weighted by Gasteiger charge is 2.43. The molecule has 0 amide bonds. The number of esters is 1. The predicted octanol–water partition coefficient (Wildman–Crippen LogP) is 4.17. The highest BCUT2D eigenvalue weighted by atomic mass is 35.5. The number of phenols is 1. The molecule has 0 fully saturated rings. The SMILES string of the molecule is CCC1(CC)OC(=O)c2ccccc2N1CCC(C)(C)NC[C@H](O)c1ccc(O)c(NS(C)(=O)=O)c1.Cl. The fraction of sp³-hybridized carbons (Fsp3) is 0.500. The number of hydrogen-bond acceptors (Lipinski definition) is 8. The summed E-state index contributed by atoms with van der Waals surface area (Å²) in [5.41, 5.74) is 0.813. The third-order valence-corrected chi connectivity index (χ3v) is 7.32. The maximum Gasteiger partial charge on any atom is 0.342 e. The van der Waals surface area contributed by atoms with E-state index in [9.17, 15) is 23.4 Å². The van der Waals surface area contributed by atoms with Crippen LogP contribution in [0.3, 0.4) is 0 Å². The van der Waals surface area contributed by atoms with E-state index in [0.29, 0.717) is 36.9 Å². The minimum absolute atomic E-state index is 0. The molecular formula is C26H38ClN3O6S. The summed E-state index contributed by atoms with van der Waals surface area (Å²) in [5.74, 6) is -0.521. The number of aromatic hydroxyl groups is 1. The number of cyclic esters (lactones) is 1. The Hall–Kier alpha value is -2.53. The number of anilines is 2. The van der Waals surface area contributed by atoms with E-state index in [1.54, 1.807) is 12.1 Å². The molecular weight excluding hydrogens is 518 g/mol. The Morgan fingerprint density at radius 2 is 1.78 bits per heavy atom. The van der Waals surface area contributed by atoms with Crippen LogP contribution in [0.2, 0.25) is 0 Å². The summed E-state index contributed by atoms with van der Waals surface area (Å²) in [6.45, 7) is 8.95. The molecule has 3 rings (SSSR count). The molecule has 9 nitrogen and oxygen atoms in total. The van der Waals surface area contributed by atoms with Gasteiger partial charge < -0.3 is 25.2 Å². The van der Waals surface area contributed by atoms with Crippen LogP contribution in [0, 0.1) is 0 Å². The number of nitrogens with one attached hydrogen (secondary N) is 2. The first-order chi connectivity index (χ1) is 16.8. The van der Waals surface area contributed by atoms with Crippen molar-refractivity contribution in [2.75, 3.05) is 29.0 Å². The van der Waals surface area contributed by atoms with Crippen LogP contribution in [0.1, 0.15) is 69.0 Å². The molecule has 1 aliphatic heterocycles. The number of carbonyl (C=O) groups excluding carboxylic acids is 1. The van der Waals surface area contributed by atoms with Crippen LogP contribution in [0.15, 0.2) is 42.5 Å². The molecule has 0 saturated heterocycles. The Kier molecular flexibility index (Phi) is 9.87. The van der Waals surface area contributed by atoms with E-state index >= 15 is 0 Å². The lowest BCUT2D eigenvalue weighted by molar-refractivity contribution is -0.0304. The van der Waals surface area contributed by atoms with Crippen molar-refractivity contribution in [1.29, 1.82) is 0 Å². The molecule has 1 aliphatic rings. The summed E-state index contributed by atoms with van der Waals surface area (Å²) in [6, 6.07) is 11.8. The highest BCUT2D eigenvalue weighted by Crippen LogP contribution is 2.39. The van der Waals surface area contributed by atoms with E-state index in [-0.39, 0.29) is 41.9 Å². The third-order valence-electron chi connectivity index (χ3n) is 6.73. The number of halogens is 1. The topological polar surface area (TPSA) is 128 Å². The number of nitrogens with zero attached hydrogens (tertiary/aromatic N) is 1. The van der Waals surface area contributed by atoms with Gasteiger partial charge in [-0.05, 0) is 50.1 Å². The number of sulfonamides is 1. The highest BCUT2D eigenvalue weighted by molar-refractivity contribution is 7.92. The van der Waals surface area contributed by atoms with Gasteiger partial charge in [0, 0.05) is 31.5 Å². The average molecular weight is 556 g/mol. The lowest BCUT2D eigenvalue weighted by Crippen LogP contribution is -2.56. The van der Waals surface area contributed by atoms with Gasteiger partial charge in [-0.3, -0.25) is 4.72 Å². The number of phenolic OH excluding ortho intramolecular Hbond substituents is 1. The van der Waals surface area contributed by atoms with Crippen LogP contribution in [0.25, 0.3) is 0 Å². The van der Waals surface area contributed by atoms with E-state index in [2.05, 4.69) is 14.9 Å². The number of carbonyl (C=O) groups is 1. The summed E-state index contributed by atoms with van der Waals surface area (Å²) >= 11 is 0. The number of aliphatic hydroxyl groups excluding tert-OH is 1. The number of β-amino-alcohol motifs (C(OH)–C–C–N with tert-alkyl or cyclic N) is 1. The Balaban J connectivity index is 0.00000481. The number of hydrogen-bond donors (Lipinski definition) is 4. The van der Waals surface area contributed by atoms with Gasteiger partial charge in [-0.1, -0.05) is 32.0 Å². The van der Waals surface area contributed by atoms with Gasteiger partial charge in [0.05, 0.1) is 29.3 Å². The molecule has 1 heterocycles. The van der Waals surface area contributed by atoms with Gasteiger partial charge in [0.1, 0.15) is 5.75 Å². The fourth-order valence-electron chi connectivity index (χ4n) is 4.50. The molecule has 0 aliphatic carbocycles. The maximum atomic E-state index is 12.7. The van der Waals surface area contributed by atoms with E-state index < -0.39 is 21.9 Å². The van der Waals surface area contributed by atoms with Gasteiger partial charge in [-0.2, -0.15) is 0 Å². The average Bonchev–Trinajstić information content (AvgIpc) is 2.82. The summed E-state index contributed by atoms with van der Waals surface area (Å²) in [5, 5.41) is 24.1. The van der Waals surface area contributed by atoms with Crippen molar-refractivity contribution in [1.82, 2.24) is 5.32 Å².